The Labute approximate surface area is 148 Å². The smallest absolute Gasteiger partial charge is 0.451 e. The van der Waals surface area contributed by atoms with Crippen molar-refractivity contribution in [3.8, 4) is 0 Å². The summed E-state index contributed by atoms with van der Waals surface area (Å²) in [5.41, 5.74) is 3.89. The van der Waals surface area contributed by atoms with Crippen molar-refractivity contribution in [2.45, 2.75) is 57.9 Å². The zero-order valence-corrected chi connectivity index (χ0v) is 15.3. The van der Waals surface area contributed by atoms with E-state index < -0.39 is 35.5 Å². The molecular formula is C16H30BN3O5. The zero-order chi connectivity index (χ0) is 19.0. The average molecular weight is 355 g/mol. The van der Waals surface area contributed by atoms with Gasteiger partial charge in [-0.3, -0.25) is 14.9 Å². The molecule has 0 aromatic heterocycles. The van der Waals surface area contributed by atoms with Crippen LogP contribution in [0.25, 0.3) is 0 Å². The Balaban J connectivity index is 2.24. The molecule has 0 aromatic carbocycles. The van der Waals surface area contributed by atoms with Crippen molar-refractivity contribution in [2.24, 2.45) is 16.6 Å². The molecule has 9 heteroatoms. The number of nitrogens with one attached hydrogen (secondary N) is 1. The predicted molar refractivity (Wildman–Crippen MR) is 93.7 cm³/mol. The number of carbonyl (C=O) groups is 2. The molecule has 2 heterocycles. The van der Waals surface area contributed by atoms with E-state index in [2.05, 4.69) is 5.32 Å². The van der Waals surface area contributed by atoms with Crippen molar-refractivity contribution >= 4 is 19.0 Å². The molecule has 142 valence electrons. The van der Waals surface area contributed by atoms with Crippen molar-refractivity contribution in [2.75, 3.05) is 19.6 Å². The normalized spacial score (nSPS) is 30.2. The minimum absolute atomic E-state index is 0.0899. The molecule has 6 N–H and O–H groups in total. The van der Waals surface area contributed by atoms with Crippen molar-refractivity contribution in [3.63, 3.8) is 0 Å². The van der Waals surface area contributed by atoms with Crippen LogP contribution < -0.4 is 11.1 Å². The van der Waals surface area contributed by atoms with Gasteiger partial charge < -0.3 is 25.8 Å². The van der Waals surface area contributed by atoms with E-state index in [1.54, 1.807) is 4.90 Å². The molecule has 25 heavy (non-hydrogen) atoms. The Kier molecular flexibility index (Phi) is 5.54. The van der Waals surface area contributed by atoms with Gasteiger partial charge in [0.1, 0.15) is 5.54 Å². The molecule has 8 nitrogen and oxygen atoms in total. The first kappa shape index (κ1) is 20.2. The number of rotatable bonds is 6. The Morgan fingerprint density at radius 1 is 1.32 bits per heavy atom. The first-order valence-electron chi connectivity index (χ1n) is 8.84. The van der Waals surface area contributed by atoms with Crippen LogP contribution in [-0.2, 0) is 9.59 Å². The van der Waals surface area contributed by atoms with Gasteiger partial charge in [0.2, 0.25) is 5.91 Å². The molecule has 2 saturated heterocycles. The summed E-state index contributed by atoms with van der Waals surface area (Å²) in [6, 6.07) is -0.700. The Bertz CT molecular complexity index is 538. The monoisotopic (exact) mass is 355 g/mol. The van der Waals surface area contributed by atoms with Gasteiger partial charge >= 0.3 is 13.1 Å². The van der Waals surface area contributed by atoms with Crippen LogP contribution in [0, 0.1) is 10.8 Å². The molecule has 1 amide bonds. The topological polar surface area (TPSA) is 136 Å². The summed E-state index contributed by atoms with van der Waals surface area (Å²) in [7, 11) is -1.40. The van der Waals surface area contributed by atoms with E-state index in [-0.39, 0.29) is 18.8 Å². The predicted octanol–water partition coefficient (Wildman–Crippen LogP) is -0.742. The highest BCUT2D eigenvalue weighted by molar-refractivity contribution is 6.40. The molecule has 2 aliphatic rings. The van der Waals surface area contributed by atoms with Gasteiger partial charge in [-0.15, -0.1) is 0 Å². The number of carbonyl (C=O) groups excluding carboxylic acids is 1. The molecule has 0 aromatic rings. The maximum absolute atomic E-state index is 12.8. The van der Waals surface area contributed by atoms with E-state index in [0.29, 0.717) is 32.4 Å². The number of carboxylic acid groups (broad SMARTS) is 1. The number of amides is 1. The summed E-state index contributed by atoms with van der Waals surface area (Å²) < 4.78 is 0. The van der Waals surface area contributed by atoms with Gasteiger partial charge in [0, 0.05) is 12.0 Å². The third-order valence-corrected chi connectivity index (χ3v) is 5.85. The summed E-state index contributed by atoms with van der Waals surface area (Å²) in [6.07, 6.45) is 1.82. The van der Waals surface area contributed by atoms with Gasteiger partial charge in [0.25, 0.3) is 0 Å². The molecule has 0 bridgehead atoms. The SMILES string of the molecule is CC(C)(C)[C@H](N)C(=O)N1C[C@@]2(CCCB(O)O)CCN[C@@]2(C(=O)O)C1. The number of aliphatic carboxylic acids is 1. The third-order valence-electron chi connectivity index (χ3n) is 5.85. The van der Waals surface area contributed by atoms with E-state index in [1.165, 1.54) is 0 Å². The van der Waals surface area contributed by atoms with Crippen LogP contribution in [-0.4, -0.2) is 70.3 Å². The molecule has 2 fully saturated rings. The van der Waals surface area contributed by atoms with Gasteiger partial charge in [-0.05, 0) is 31.1 Å². The fourth-order valence-electron chi connectivity index (χ4n) is 4.19. The lowest BCUT2D eigenvalue weighted by atomic mass is 9.68. The highest BCUT2D eigenvalue weighted by atomic mass is 16.4. The molecule has 0 saturated carbocycles. The number of nitrogens with zero attached hydrogens (tertiary/aromatic N) is 1. The number of fused-ring (bicyclic) bond motifs is 1. The van der Waals surface area contributed by atoms with E-state index in [0.717, 1.165) is 0 Å². The summed E-state index contributed by atoms with van der Waals surface area (Å²) in [4.78, 5) is 26.5. The largest absolute Gasteiger partial charge is 0.480 e. The summed E-state index contributed by atoms with van der Waals surface area (Å²) >= 11 is 0. The molecule has 0 radical (unpaired) electrons. The number of carboxylic acids is 1. The van der Waals surface area contributed by atoms with E-state index in [4.69, 9.17) is 15.8 Å². The minimum Gasteiger partial charge on any atom is -0.480 e. The summed E-state index contributed by atoms with van der Waals surface area (Å²) in [6.45, 7) is 6.65. The maximum atomic E-state index is 12.8. The zero-order valence-electron chi connectivity index (χ0n) is 15.3. The second-order valence-electron chi connectivity index (χ2n) is 8.58. The molecule has 3 atom stereocenters. The molecule has 0 spiro atoms. The van der Waals surface area contributed by atoms with Gasteiger partial charge in [0.15, 0.2) is 0 Å². The van der Waals surface area contributed by atoms with Gasteiger partial charge in [-0.2, -0.15) is 0 Å². The molecule has 0 unspecified atom stereocenters. The Morgan fingerprint density at radius 2 is 1.96 bits per heavy atom. The van der Waals surface area contributed by atoms with Crippen LogP contribution in [0.2, 0.25) is 6.32 Å². The number of nitrogens with two attached hydrogens (primary N) is 1. The van der Waals surface area contributed by atoms with Gasteiger partial charge in [-0.25, -0.2) is 0 Å². The van der Waals surface area contributed by atoms with Crippen molar-refractivity contribution < 1.29 is 24.7 Å². The third kappa shape index (κ3) is 3.55. The lowest BCUT2D eigenvalue weighted by Crippen LogP contribution is -2.58. The van der Waals surface area contributed by atoms with Crippen molar-refractivity contribution in [1.29, 1.82) is 0 Å². The van der Waals surface area contributed by atoms with E-state index >= 15 is 0 Å². The average Bonchev–Trinajstić information content (AvgIpc) is 2.97. The van der Waals surface area contributed by atoms with E-state index in [1.807, 2.05) is 20.8 Å². The number of likely N-dealkylation sites (tertiary alicyclic amines) is 1. The first-order chi connectivity index (χ1) is 11.5. The molecular weight excluding hydrogens is 325 g/mol. The highest BCUT2D eigenvalue weighted by Crippen LogP contribution is 2.50. The van der Waals surface area contributed by atoms with Crippen molar-refractivity contribution in [3.05, 3.63) is 0 Å². The van der Waals surface area contributed by atoms with Crippen LogP contribution in [0.3, 0.4) is 0 Å². The number of hydrogen-bond donors (Lipinski definition) is 5. The van der Waals surface area contributed by atoms with Gasteiger partial charge in [-0.1, -0.05) is 27.2 Å². The fraction of sp³-hybridized carbons (Fsp3) is 0.875. The lowest BCUT2D eigenvalue weighted by molar-refractivity contribution is -0.147. The van der Waals surface area contributed by atoms with Crippen molar-refractivity contribution in [1.82, 2.24) is 10.2 Å². The second kappa shape index (κ2) is 6.87. The van der Waals surface area contributed by atoms with Crippen LogP contribution in [0.1, 0.15) is 40.0 Å². The van der Waals surface area contributed by atoms with Gasteiger partial charge in [0.05, 0.1) is 12.6 Å². The highest BCUT2D eigenvalue weighted by Gasteiger charge is 2.65. The fourth-order valence-corrected chi connectivity index (χ4v) is 4.19. The minimum atomic E-state index is -1.40. The Hall–Kier alpha value is -1.16. The standard InChI is InChI=1S/C16H30BN3O5/c1-14(2,3)11(18)12(21)20-9-15(5-4-7-17(24)25)6-8-19-16(15,10-20)13(22)23/h11,19,24-25H,4-10,18H2,1-3H3,(H,22,23)/t11-,15-,16-/m1/s1. The molecule has 2 rings (SSSR count). The van der Waals surface area contributed by atoms with Crippen LogP contribution in [0.4, 0.5) is 0 Å². The summed E-state index contributed by atoms with van der Waals surface area (Å²) in [5, 5.41) is 31.2. The summed E-state index contributed by atoms with van der Waals surface area (Å²) in [5.74, 6) is -1.19. The van der Waals surface area contributed by atoms with E-state index in [9.17, 15) is 14.7 Å². The van der Waals surface area contributed by atoms with Crippen LogP contribution in [0.5, 0.6) is 0 Å². The lowest BCUT2D eigenvalue weighted by Gasteiger charge is -2.35. The molecule has 0 aliphatic carbocycles. The quantitative estimate of drug-likeness (QED) is 0.396. The maximum Gasteiger partial charge on any atom is 0.451 e. The second-order valence-corrected chi connectivity index (χ2v) is 8.58. The Morgan fingerprint density at radius 3 is 2.48 bits per heavy atom. The number of hydrogen-bond acceptors (Lipinski definition) is 6. The first-order valence-corrected chi connectivity index (χ1v) is 8.84. The van der Waals surface area contributed by atoms with Crippen LogP contribution >= 0.6 is 0 Å². The van der Waals surface area contributed by atoms with Crippen LogP contribution in [0.15, 0.2) is 0 Å². The molecule has 2 aliphatic heterocycles.